The Balaban J connectivity index is 2.22. The normalized spacial score (nSPS) is 11.5. The summed E-state index contributed by atoms with van der Waals surface area (Å²) < 4.78 is 0. The van der Waals surface area contributed by atoms with E-state index in [1.54, 1.807) is 36.2 Å². The van der Waals surface area contributed by atoms with Crippen molar-refractivity contribution in [3.05, 3.63) is 70.8 Å². The van der Waals surface area contributed by atoms with Crippen LogP contribution in [-0.2, 0) is 0 Å². The predicted molar refractivity (Wildman–Crippen MR) is 82.8 cm³/mol. The Morgan fingerprint density at radius 1 is 1.19 bits per heavy atom. The monoisotopic (exact) mass is 278 g/mol. The van der Waals surface area contributed by atoms with Gasteiger partial charge in [0.1, 0.15) is 0 Å². The van der Waals surface area contributed by atoms with Gasteiger partial charge in [-0.25, -0.2) is 0 Å². The molecule has 0 bridgehead atoms. The number of rotatable bonds is 3. The van der Waals surface area contributed by atoms with Gasteiger partial charge in [0.05, 0.1) is 17.7 Å². The molecule has 21 heavy (non-hydrogen) atoms. The molecule has 1 atom stereocenters. The van der Waals surface area contributed by atoms with E-state index >= 15 is 0 Å². The first-order chi connectivity index (χ1) is 10.0. The van der Waals surface area contributed by atoms with Crippen LogP contribution in [0, 0.1) is 18.3 Å². The van der Waals surface area contributed by atoms with Crippen molar-refractivity contribution < 1.29 is 4.79 Å². The quantitative estimate of drug-likeness (QED) is 0.859. The highest BCUT2D eigenvalue weighted by Gasteiger charge is 2.19. The van der Waals surface area contributed by atoms with Crippen molar-refractivity contribution in [3.8, 4) is 6.07 Å². The molecule has 0 heterocycles. The maximum Gasteiger partial charge on any atom is 0.254 e. The van der Waals surface area contributed by atoms with Crippen LogP contribution in [0.25, 0.3) is 0 Å². The minimum absolute atomic E-state index is 0.0242. The largest absolute Gasteiger partial charge is 0.335 e. The average Bonchev–Trinajstić information content (AvgIpc) is 2.53. The standard InChI is InChI=1S/C18H18N2O/c1-13-7-9-16(10-8-13)14(2)20(3)18(21)17-6-4-5-15(11-17)12-19/h4-11,14H,1-3H3. The molecule has 1 amide bonds. The Hall–Kier alpha value is -2.60. The molecular weight excluding hydrogens is 260 g/mol. The van der Waals surface area contributed by atoms with Crippen LogP contribution in [0.15, 0.2) is 48.5 Å². The van der Waals surface area contributed by atoms with E-state index in [2.05, 4.69) is 6.07 Å². The maximum atomic E-state index is 12.5. The molecule has 0 aliphatic heterocycles. The van der Waals surface area contributed by atoms with E-state index in [0.29, 0.717) is 11.1 Å². The van der Waals surface area contributed by atoms with Crippen LogP contribution in [0.5, 0.6) is 0 Å². The van der Waals surface area contributed by atoms with Crippen molar-refractivity contribution in [2.45, 2.75) is 19.9 Å². The lowest BCUT2D eigenvalue weighted by Gasteiger charge is -2.25. The number of carbonyl (C=O) groups excluding carboxylic acids is 1. The van der Waals surface area contributed by atoms with Crippen LogP contribution in [0.3, 0.4) is 0 Å². The Kier molecular flexibility index (Phi) is 4.39. The van der Waals surface area contributed by atoms with Crippen molar-refractivity contribution in [3.63, 3.8) is 0 Å². The molecule has 3 nitrogen and oxygen atoms in total. The lowest BCUT2D eigenvalue weighted by atomic mass is 10.0. The number of nitrogens with zero attached hydrogens (tertiary/aromatic N) is 2. The fourth-order valence-corrected chi connectivity index (χ4v) is 2.17. The van der Waals surface area contributed by atoms with Crippen LogP contribution in [0.1, 0.15) is 40.0 Å². The van der Waals surface area contributed by atoms with Crippen molar-refractivity contribution in [1.82, 2.24) is 4.90 Å². The average molecular weight is 278 g/mol. The highest BCUT2D eigenvalue weighted by atomic mass is 16.2. The Bertz CT molecular complexity index is 683. The number of carbonyl (C=O) groups is 1. The second kappa shape index (κ2) is 6.23. The van der Waals surface area contributed by atoms with Crippen molar-refractivity contribution in [1.29, 1.82) is 5.26 Å². The number of hydrogen-bond acceptors (Lipinski definition) is 2. The summed E-state index contributed by atoms with van der Waals surface area (Å²) in [6.45, 7) is 4.04. The molecule has 0 radical (unpaired) electrons. The molecule has 0 aliphatic rings. The lowest BCUT2D eigenvalue weighted by molar-refractivity contribution is 0.0742. The first-order valence-electron chi connectivity index (χ1n) is 6.87. The van der Waals surface area contributed by atoms with Gasteiger partial charge < -0.3 is 4.90 Å². The highest BCUT2D eigenvalue weighted by Crippen LogP contribution is 2.21. The predicted octanol–water partition coefficient (Wildman–Crippen LogP) is 3.70. The summed E-state index contributed by atoms with van der Waals surface area (Å²) >= 11 is 0. The van der Waals surface area contributed by atoms with Crippen LogP contribution in [-0.4, -0.2) is 17.9 Å². The number of benzene rings is 2. The molecule has 0 fully saturated rings. The minimum atomic E-state index is -0.0832. The summed E-state index contributed by atoms with van der Waals surface area (Å²) in [6, 6.07) is 17.0. The highest BCUT2D eigenvalue weighted by molar-refractivity contribution is 5.94. The SMILES string of the molecule is Cc1ccc(C(C)N(C)C(=O)c2cccc(C#N)c2)cc1. The van der Waals surface area contributed by atoms with E-state index in [1.807, 2.05) is 38.1 Å². The molecule has 2 rings (SSSR count). The fourth-order valence-electron chi connectivity index (χ4n) is 2.17. The number of aryl methyl sites for hydroxylation is 1. The minimum Gasteiger partial charge on any atom is -0.335 e. The van der Waals surface area contributed by atoms with Gasteiger partial charge in [-0.2, -0.15) is 5.26 Å². The lowest BCUT2D eigenvalue weighted by Crippen LogP contribution is -2.29. The molecule has 0 N–H and O–H groups in total. The summed E-state index contributed by atoms with van der Waals surface area (Å²) in [5.74, 6) is -0.0832. The van der Waals surface area contributed by atoms with Crippen LogP contribution >= 0.6 is 0 Å². The summed E-state index contributed by atoms with van der Waals surface area (Å²) in [4.78, 5) is 14.2. The Morgan fingerprint density at radius 2 is 1.86 bits per heavy atom. The van der Waals surface area contributed by atoms with Gasteiger partial charge in [-0.1, -0.05) is 35.9 Å². The molecule has 0 aliphatic carbocycles. The van der Waals surface area contributed by atoms with E-state index in [1.165, 1.54) is 5.56 Å². The molecule has 0 saturated carbocycles. The van der Waals surface area contributed by atoms with Crippen molar-refractivity contribution >= 4 is 5.91 Å². The second-order valence-corrected chi connectivity index (χ2v) is 5.20. The molecule has 0 spiro atoms. The van der Waals surface area contributed by atoms with Crippen molar-refractivity contribution in [2.24, 2.45) is 0 Å². The molecule has 0 saturated heterocycles. The number of nitriles is 1. The zero-order chi connectivity index (χ0) is 15.4. The molecule has 1 unspecified atom stereocenters. The number of hydrogen-bond donors (Lipinski definition) is 0. The topological polar surface area (TPSA) is 44.1 Å². The van der Waals surface area contributed by atoms with Crippen LogP contribution in [0.4, 0.5) is 0 Å². The zero-order valence-corrected chi connectivity index (χ0v) is 12.5. The Labute approximate surface area is 125 Å². The molecule has 2 aromatic rings. The molecule has 106 valence electrons. The third-order valence-corrected chi connectivity index (χ3v) is 3.70. The summed E-state index contributed by atoms with van der Waals surface area (Å²) in [5, 5.41) is 8.92. The first-order valence-corrected chi connectivity index (χ1v) is 6.87. The van der Waals surface area contributed by atoms with Gasteiger partial charge in [0.2, 0.25) is 0 Å². The van der Waals surface area contributed by atoms with E-state index in [9.17, 15) is 4.79 Å². The van der Waals surface area contributed by atoms with Gasteiger partial charge in [0, 0.05) is 12.6 Å². The summed E-state index contributed by atoms with van der Waals surface area (Å²) in [6.07, 6.45) is 0. The van der Waals surface area contributed by atoms with E-state index in [0.717, 1.165) is 5.56 Å². The van der Waals surface area contributed by atoms with E-state index < -0.39 is 0 Å². The zero-order valence-electron chi connectivity index (χ0n) is 12.5. The van der Waals surface area contributed by atoms with Crippen molar-refractivity contribution in [2.75, 3.05) is 7.05 Å². The van der Waals surface area contributed by atoms with Crippen LogP contribution in [0.2, 0.25) is 0 Å². The third-order valence-electron chi connectivity index (χ3n) is 3.70. The molecular formula is C18H18N2O. The summed E-state index contributed by atoms with van der Waals surface area (Å²) in [5.41, 5.74) is 3.32. The van der Waals surface area contributed by atoms with E-state index in [-0.39, 0.29) is 11.9 Å². The van der Waals surface area contributed by atoms with Gasteiger partial charge >= 0.3 is 0 Å². The first kappa shape index (κ1) is 14.8. The van der Waals surface area contributed by atoms with E-state index in [4.69, 9.17) is 5.26 Å². The number of amides is 1. The van der Waals surface area contributed by atoms with Crippen LogP contribution < -0.4 is 0 Å². The molecule has 0 aromatic heterocycles. The summed E-state index contributed by atoms with van der Waals surface area (Å²) in [7, 11) is 1.78. The van der Waals surface area contributed by atoms with Gasteiger partial charge in [0.15, 0.2) is 0 Å². The van der Waals surface area contributed by atoms with Gasteiger partial charge in [-0.3, -0.25) is 4.79 Å². The smallest absolute Gasteiger partial charge is 0.254 e. The van der Waals surface area contributed by atoms with Gasteiger partial charge in [-0.15, -0.1) is 0 Å². The fraction of sp³-hybridized carbons (Fsp3) is 0.222. The molecule has 3 heteroatoms. The van der Waals surface area contributed by atoms with Gasteiger partial charge in [-0.05, 0) is 37.6 Å². The third kappa shape index (κ3) is 3.29. The molecule has 2 aromatic carbocycles. The van der Waals surface area contributed by atoms with Gasteiger partial charge in [0.25, 0.3) is 5.91 Å². The second-order valence-electron chi connectivity index (χ2n) is 5.20. The maximum absolute atomic E-state index is 12.5. The Morgan fingerprint density at radius 3 is 2.48 bits per heavy atom.